The standard InChI is InChI=1S/C18H25N5/c19-17-12-14(6-7-20-17)18-21-8-11-23(18)13-15-4-3-10-22-9-2-1-5-16(15)22/h6-8,11-12,15-16H,1-5,9-10,13H2,(H2,19,20)/t15-,16+/m0/s1. The summed E-state index contributed by atoms with van der Waals surface area (Å²) in [6.45, 7) is 3.64. The average molecular weight is 311 g/mol. The smallest absolute Gasteiger partial charge is 0.140 e. The number of aromatic nitrogens is 3. The van der Waals surface area contributed by atoms with Gasteiger partial charge in [0.05, 0.1) is 0 Å². The number of nitrogen functional groups attached to an aromatic ring is 1. The van der Waals surface area contributed by atoms with Crippen LogP contribution >= 0.6 is 0 Å². The normalized spacial score (nSPS) is 25.2. The van der Waals surface area contributed by atoms with Gasteiger partial charge in [0.2, 0.25) is 0 Å². The van der Waals surface area contributed by atoms with Gasteiger partial charge >= 0.3 is 0 Å². The average Bonchev–Trinajstić information content (AvgIpc) is 3.03. The van der Waals surface area contributed by atoms with Crippen LogP contribution in [0.1, 0.15) is 32.1 Å². The molecular weight excluding hydrogens is 286 g/mol. The number of pyridine rings is 1. The largest absolute Gasteiger partial charge is 0.384 e. The van der Waals surface area contributed by atoms with Crippen LogP contribution in [0.5, 0.6) is 0 Å². The van der Waals surface area contributed by atoms with Crippen molar-refractivity contribution in [3.8, 4) is 11.4 Å². The van der Waals surface area contributed by atoms with Crippen molar-refractivity contribution in [3.63, 3.8) is 0 Å². The highest BCUT2D eigenvalue weighted by molar-refractivity contribution is 5.58. The number of nitrogens with zero attached hydrogens (tertiary/aromatic N) is 4. The summed E-state index contributed by atoms with van der Waals surface area (Å²) < 4.78 is 2.30. The Kier molecular flexibility index (Phi) is 4.04. The molecule has 0 bridgehead atoms. The van der Waals surface area contributed by atoms with E-state index in [1.807, 2.05) is 18.3 Å². The molecule has 4 heterocycles. The Morgan fingerprint density at radius 3 is 2.91 bits per heavy atom. The number of hydrogen-bond acceptors (Lipinski definition) is 4. The lowest BCUT2D eigenvalue weighted by Crippen LogP contribution is -2.49. The number of piperidine rings is 2. The highest BCUT2D eigenvalue weighted by Crippen LogP contribution is 2.32. The molecule has 0 spiro atoms. The summed E-state index contributed by atoms with van der Waals surface area (Å²) in [5.74, 6) is 2.29. The van der Waals surface area contributed by atoms with Crippen molar-refractivity contribution < 1.29 is 0 Å². The zero-order valence-electron chi connectivity index (χ0n) is 13.6. The molecule has 2 saturated heterocycles. The van der Waals surface area contributed by atoms with Crippen LogP contribution in [0.2, 0.25) is 0 Å². The Morgan fingerprint density at radius 1 is 1.09 bits per heavy atom. The highest BCUT2D eigenvalue weighted by Gasteiger charge is 2.33. The molecule has 2 N–H and O–H groups in total. The molecule has 0 amide bonds. The van der Waals surface area contributed by atoms with Crippen molar-refractivity contribution >= 4 is 5.82 Å². The molecule has 2 fully saturated rings. The van der Waals surface area contributed by atoms with E-state index in [0.29, 0.717) is 5.82 Å². The quantitative estimate of drug-likeness (QED) is 0.947. The second kappa shape index (κ2) is 6.32. The topological polar surface area (TPSA) is 60.0 Å². The third-order valence-corrected chi connectivity index (χ3v) is 5.41. The molecule has 5 heteroatoms. The molecule has 0 unspecified atom stereocenters. The molecule has 2 aromatic heterocycles. The molecule has 2 aliphatic heterocycles. The van der Waals surface area contributed by atoms with E-state index in [0.717, 1.165) is 29.9 Å². The molecule has 23 heavy (non-hydrogen) atoms. The molecule has 122 valence electrons. The summed E-state index contributed by atoms with van der Waals surface area (Å²) in [6, 6.07) is 4.66. The Balaban J connectivity index is 1.56. The van der Waals surface area contributed by atoms with Gasteiger partial charge < -0.3 is 15.2 Å². The van der Waals surface area contributed by atoms with E-state index in [2.05, 4.69) is 25.6 Å². The van der Waals surface area contributed by atoms with Gasteiger partial charge in [0.25, 0.3) is 0 Å². The molecule has 0 saturated carbocycles. The van der Waals surface area contributed by atoms with Crippen molar-refractivity contribution in [1.29, 1.82) is 0 Å². The second-order valence-electron chi connectivity index (χ2n) is 6.87. The Bertz CT molecular complexity index is 663. The van der Waals surface area contributed by atoms with Crippen molar-refractivity contribution in [2.24, 2.45) is 5.92 Å². The Labute approximate surface area is 137 Å². The van der Waals surface area contributed by atoms with Gasteiger partial charge in [-0.2, -0.15) is 0 Å². The Morgan fingerprint density at radius 2 is 2.00 bits per heavy atom. The van der Waals surface area contributed by atoms with Crippen molar-refractivity contribution in [1.82, 2.24) is 19.4 Å². The third-order valence-electron chi connectivity index (χ3n) is 5.41. The van der Waals surface area contributed by atoms with Gasteiger partial charge in [-0.1, -0.05) is 6.42 Å². The molecule has 2 aromatic rings. The number of hydrogen-bond donors (Lipinski definition) is 1. The minimum atomic E-state index is 0.549. The van der Waals surface area contributed by atoms with Gasteiger partial charge in [0.1, 0.15) is 11.6 Å². The predicted octanol–water partition coefficient (Wildman–Crippen LogP) is 2.79. The van der Waals surface area contributed by atoms with Gasteiger partial charge in [-0.15, -0.1) is 0 Å². The first-order chi connectivity index (χ1) is 11.3. The summed E-state index contributed by atoms with van der Waals surface area (Å²) >= 11 is 0. The number of imidazole rings is 1. The lowest BCUT2D eigenvalue weighted by Gasteiger charge is -2.44. The maximum Gasteiger partial charge on any atom is 0.140 e. The van der Waals surface area contributed by atoms with Crippen molar-refractivity contribution in [2.75, 3.05) is 18.8 Å². The molecule has 4 rings (SSSR count). The number of fused-ring (bicyclic) bond motifs is 1. The maximum atomic E-state index is 5.83. The number of anilines is 1. The highest BCUT2D eigenvalue weighted by atomic mass is 15.2. The predicted molar refractivity (Wildman–Crippen MR) is 91.8 cm³/mol. The van der Waals surface area contributed by atoms with Crippen LogP contribution < -0.4 is 5.73 Å². The first-order valence-corrected chi connectivity index (χ1v) is 8.78. The molecule has 0 aliphatic carbocycles. The van der Waals surface area contributed by atoms with Crippen LogP contribution in [-0.4, -0.2) is 38.6 Å². The van der Waals surface area contributed by atoms with Gasteiger partial charge in [-0.3, -0.25) is 0 Å². The van der Waals surface area contributed by atoms with Gasteiger partial charge in [0, 0.05) is 36.7 Å². The first kappa shape index (κ1) is 14.7. The van der Waals surface area contributed by atoms with Crippen LogP contribution in [0.25, 0.3) is 11.4 Å². The van der Waals surface area contributed by atoms with E-state index in [1.54, 1.807) is 6.20 Å². The lowest BCUT2D eigenvalue weighted by molar-refractivity contribution is 0.0521. The lowest BCUT2D eigenvalue weighted by atomic mass is 9.83. The molecule has 5 nitrogen and oxygen atoms in total. The van der Waals surface area contributed by atoms with Crippen molar-refractivity contribution in [3.05, 3.63) is 30.7 Å². The second-order valence-corrected chi connectivity index (χ2v) is 6.87. The fraction of sp³-hybridized carbons (Fsp3) is 0.556. The molecule has 2 atom stereocenters. The fourth-order valence-electron chi connectivity index (χ4n) is 4.35. The third kappa shape index (κ3) is 2.98. The molecular formula is C18H25N5. The van der Waals surface area contributed by atoms with E-state index >= 15 is 0 Å². The Hall–Kier alpha value is -1.88. The summed E-state index contributed by atoms with van der Waals surface area (Å²) in [7, 11) is 0. The zero-order chi connectivity index (χ0) is 15.6. The summed E-state index contributed by atoms with van der Waals surface area (Å²) in [5.41, 5.74) is 6.89. The van der Waals surface area contributed by atoms with Gasteiger partial charge in [-0.25, -0.2) is 9.97 Å². The zero-order valence-corrected chi connectivity index (χ0v) is 13.6. The van der Waals surface area contributed by atoms with Crippen LogP contribution in [0, 0.1) is 5.92 Å². The number of rotatable bonds is 3. The van der Waals surface area contributed by atoms with Crippen LogP contribution in [0.3, 0.4) is 0 Å². The molecule has 0 radical (unpaired) electrons. The van der Waals surface area contributed by atoms with E-state index in [-0.39, 0.29) is 0 Å². The summed E-state index contributed by atoms with van der Waals surface area (Å²) in [6.07, 6.45) is 12.5. The van der Waals surface area contributed by atoms with E-state index in [1.165, 1.54) is 45.2 Å². The molecule has 0 aromatic carbocycles. The first-order valence-electron chi connectivity index (χ1n) is 8.78. The van der Waals surface area contributed by atoms with Gasteiger partial charge in [0.15, 0.2) is 0 Å². The van der Waals surface area contributed by atoms with Crippen LogP contribution in [0.4, 0.5) is 5.82 Å². The van der Waals surface area contributed by atoms with Gasteiger partial charge in [-0.05, 0) is 56.8 Å². The SMILES string of the molecule is Nc1cc(-c2nccn2C[C@@H]2CCCN3CCCC[C@H]23)ccn1. The minimum Gasteiger partial charge on any atom is -0.384 e. The molecule has 2 aliphatic rings. The van der Waals surface area contributed by atoms with E-state index in [9.17, 15) is 0 Å². The van der Waals surface area contributed by atoms with Crippen molar-refractivity contribution in [2.45, 2.75) is 44.7 Å². The van der Waals surface area contributed by atoms with Crippen LogP contribution in [0.15, 0.2) is 30.7 Å². The van der Waals surface area contributed by atoms with E-state index in [4.69, 9.17) is 5.73 Å². The summed E-state index contributed by atoms with van der Waals surface area (Å²) in [5, 5.41) is 0. The summed E-state index contributed by atoms with van der Waals surface area (Å²) in [4.78, 5) is 11.4. The minimum absolute atomic E-state index is 0.549. The fourth-order valence-corrected chi connectivity index (χ4v) is 4.35. The monoisotopic (exact) mass is 311 g/mol. The van der Waals surface area contributed by atoms with E-state index < -0.39 is 0 Å². The van der Waals surface area contributed by atoms with Crippen LogP contribution in [-0.2, 0) is 6.54 Å². The number of nitrogens with two attached hydrogens (primary N) is 1. The maximum absolute atomic E-state index is 5.83.